The summed E-state index contributed by atoms with van der Waals surface area (Å²) >= 11 is 0. The third-order valence-electron chi connectivity index (χ3n) is 5.25. The maximum absolute atomic E-state index is 14.3. The van der Waals surface area contributed by atoms with Gasteiger partial charge in [0.05, 0.1) is 5.69 Å². The normalized spacial score (nSPS) is 18.4. The monoisotopic (exact) mass is 348 g/mol. The first-order valence-electron chi connectivity index (χ1n) is 9.38. The van der Waals surface area contributed by atoms with Gasteiger partial charge in [0.1, 0.15) is 11.4 Å². The van der Waals surface area contributed by atoms with Crippen molar-refractivity contribution in [3.8, 4) is 0 Å². The van der Waals surface area contributed by atoms with Gasteiger partial charge in [0.25, 0.3) is 0 Å². The highest BCUT2D eigenvalue weighted by atomic mass is 19.1. The summed E-state index contributed by atoms with van der Waals surface area (Å²) in [5, 5.41) is 6.13. The summed E-state index contributed by atoms with van der Waals surface area (Å²) in [5.41, 5.74) is 0.446. The SMILES string of the molecule is CC(C)(C)OC(=O)Nc1ccc(F)c(NC(C2CCC2)C2CCC2)c1. The van der Waals surface area contributed by atoms with E-state index in [9.17, 15) is 9.18 Å². The standard InChI is InChI=1S/C20H29FN2O2/c1-20(2,3)25-19(24)22-15-10-11-16(21)17(12-15)23-18(13-6-4-7-13)14-8-5-9-14/h10-14,18,23H,4-9H2,1-3H3,(H,22,24). The lowest BCUT2D eigenvalue weighted by molar-refractivity contribution is 0.0636. The Morgan fingerprint density at radius 3 is 2.24 bits per heavy atom. The van der Waals surface area contributed by atoms with Gasteiger partial charge in [-0.15, -0.1) is 0 Å². The molecule has 2 aliphatic carbocycles. The highest BCUT2D eigenvalue weighted by Gasteiger charge is 2.36. The second-order valence-electron chi connectivity index (χ2n) is 8.37. The van der Waals surface area contributed by atoms with Gasteiger partial charge < -0.3 is 10.1 Å². The average Bonchev–Trinajstić information content (AvgIpc) is 2.36. The van der Waals surface area contributed by atoms with Crippen LogP contribution in [0.25, 0.3) is 0 Å². The van der Waals surface area contributed by atoms with Gasteiger partial charge in [-0.25, -0.2) is 9.18 Å². The number of anilines is 2. The maximum atomic E-state index is 14.3. The molecule has 5 heteroatoms. The van der Waals surface area contributed by atoms with Gasteiger partial charge in [-0.05, 0) is 76.5 Å². The van der Waals surface area contributed by atoms with E-state index in [2.05, 4.69) is 10.6 Å². The molecule has 0 aromatic heterocycles. The molecule has 138 valence electrons. The molecule has 0 aliphatic heterocycles. The van der Waals surface area contributed by atoms with E-state index >= 15 is 0 Å². The third-order valence-corrected chi connectivity index (χ3v) is 5.25. The van der Waals surface area contributed by atoms with Gasteiger partial charge in [0.15, 0.2) is 0 Å². The first-order valence-corrected chi connectivity index (χ1v) is 9.38. The van der Waals surface area contributed by atoms with E-state index in [1.165, 1.54) is 44.6 Å². The fourth-order valence-corrected chi connectivity index (χ4v) is 3.53. The Morgan fingerprint density at radius 2 is 1.76 bits per heavy atom. The van der Waals surface area contributed by atoms with Crippen LogP contribution in [-0.4, -0.2) is 17.7 Å². The molecule has 1 aromatic rings. The zero-order valence-electron chi connectivity index (χ0n) is 15.4. The second kappa shape index (κ2) is 7.22. The lowest BCUT2D eigenvalue weighted by Crippen LogP contribution is -2.42. The molecular weight excluding hydrogens is 319 g/mol. The lowest BCUT2D eigenvalue weighted by atomic mass is 9.68. The van der Waals surface area contributed by atoms with Crippen molar-refractivity contribution in [2.45, 2.75) is 70.9 Å². The van der Waals surface area contributed by atoms with Crippen LogP contribution < -0.4 is 10.6 Å². The summed E-state index contributed by atoms with van der Waals surface area (Å²) in [7, 11) is 0. The van der Waals surface area contributed by atoms with Crippen LogP contribution in [0.4, 0.5) is 20.6 Å². The summed E-state index contributed by atoms with van der Waals surface area (Å²) in [6.45, 7) is 5.43. The smallest absolute Gasteiger partial charge is 0.412 e. The van der Waals surface area contributed by atoms with E-state index in [0.717, 1.165) is 0 Å². The zero-order valence-corrected chi connectivity index (χ0v) is 15.4. The molecule has 0 atom stereocenters. The number of ether oxygens (including phenoxy) is 1. The van der Waals surface area contributed by atoms with E-state index < -0.39 is 11.7 Å². The fourth-order valence-electron chi connectivity index (χ4n) is 3.53. The topological polar surface area (TPSA) is 50.4 Å². The van der Waals surface area contributed by atoms with Crippen molar-refractivity contribution in [1.82, 2.24) is 0 Å². The van der Waals surface area contributed by atoms with Gasteiger partial charge in [0, 0.05) is 11.7 Å². The van der Waals surface area contributed by atoms with Crippen molar-refractivity contribution in [2.24, 2.45) is 11.8 Å². The largest absolute Gasteiger partial charge is 0.444 e. The molecule has 0 spiro atoms. The Bertz CT molecular complexity index is 605. The quantitative estimate of drug-likeness (QED) is 0.733. The molecule has 0 heterocycles. The van der Waals surface area contributed by atoms with Crippen LogP contribution in [0.3, 0.4) is 0 Å². The second-order valence-corrected chi connectivity index (χ2v) is 8.37. The predicted octanol–water partition coefficient (Wildman–Crippen LogP) is 5.55. The molecule has 0 radical (unpaired) electrons. The molecule has 0 unspecified atom stereocenters. The van der Waals surface area contributed by atoms with Gasteiger partial charge in [-0.2, -0.15) is 0 Å². The molecule has 2 saturated carbocycles. The van der Waals surface area contributed by atoms with Crippen LogP contribution in [-0.2, 0) is 4.74 Å². The molecule has 2 fully saturated rings. The third kappa shape index (κ3) is 4.65. The summed E-state index contributed by atoms with van der Waals surface area (Å²) < 4.78 is 19.6. The number of hydrogen-bond acceptors (Lipinski definition) is 3. The fraction of sp³-hybridized carbons (Fsp3) is 0.650. The molecule has 2 N–H and O–H groups in total. The molecule has 1 amide bonds. The van der Waals surface area contributed by atoms with Gasteiger partial charge in [-0.3, -0.25) is 5.32 Å². The van der Waals surface area contributed by atoms with Crippen molar-refractivity contribution < 1.29 is 13.9 Å². The van der Waals surface area contributed by atoms with Crippen LogP contribution >= 0.6 is 0 Å². The Balaban J connectivity index is 1.69. The molecule has 0 bridgehead atoms. The predicted molar refractivity (Wildman–Crippen MR) is 98.3 cm³/mol. The van der Waals surface area contributed by atoms with Gasteiger partial charge in [0.2, 0.25) is 0 Å². The molecule has 4 nitrogen and oxygen atoms in total. The van der Waals surface area contributed by atoms with E-state index in [0.29, 0.717) is 29.3 Å². The van der Waals surface area contributed by atoms with Crippen molar-refractivity contribution in [3.63, 3.8) is 0 Å². The number of hydrogen-bond donors (Lipinski definition) is 2. The van der Waals surface area contributed by atoms with Gasteiger partial charge >= 0.3 is 6.09 Å². The van der Waals surface area contributed by atoms with Crippen molar-refractivity contribution in [1.29, 1.82) is 0 Å². The van der Waals surface area contributed by atoms with Crippen molar-refractivity contribution in [3.05, 3.63) is 24.0 Å². The molecular formula is C20H29FN2O2. The summed E-state index contributed by atoms with van der Waals surface area (Å²) in [6.07, 6.45) is 6.94. The number of carbonyl (C=O) groups is 1. The van der Waals surface area contributed by atoms with Crippen molar-refractivity contribution >= 4 is 17.5 Å². The molecule has 2 aliphatic rings. The number of rotatable bonds is 5. The Kier molecular flexibility index (Phi) is 5.21. The van der Waals surface area contributed by atoms with E-state index in [-0.39, 0.29) is 5.82 Å². The minimum atomic E-state index is -0.565. The first-order chi connectivity index (χ1) is 11.8. The first kappa shape index (κ1) is 18.0. The van der Waals surface area contributed by atoms with Crippen LogP contribution in [0.2, 0.25) is 0 Å². The number of nitrogens with one attached hydrogen (secondary N) is 2. The Morgan fingerprint density at radius 1 is 1.16 bits per heavy atom. The van der Waals surface area contributed by atoms with Crippen LogP contribution in [0.5, 0.6) is 0 Å². The maximum Gasteiger partial charge on any atom is 0.412 e. The highest BCUT2D eigenvalue weighted by Crippen LogP contribution is 2.41. The van der Waals surface area contributed by atoms with Crippen LogP contribution in [0.15, 0.2) is 18.2 Å². The number of carbonyl (C=O) groups excluding carboxylic acids is 1. The molecule has 3 rings (SSSR count). The summed E-state index contributed by atoms with van der Waals surface area (Å²) in [5.74, 6) is 1.01. The molecule has 1 aromatic carbocycles. The highest BCUT2D eigenvalue weighted by molar-refractivity contribution is 5.85. The Labute approximate surface area is 149 Å². The van der Waals surface area contributed by atoms with E-state index in [1.807, 2.05) is 20.8 Å². The van der Waals surface area contributed by atoms with Crippen LogP contribution in [0, 0.1) is 17.7 Å². The number of benzene rings is 1. The molecule has 0 saturated heterocycles. The minimum absolute atomic E-state index is 0.279. The summed E-state index contributed by atoms with van der Waals surface area (Å²) in [6, 6.07) is 4.97. The molecule has 25 heavy (non-hydrogen) atoms. The Hall–Kier alpha value is -1.78. The number of halogens is 1. The lowest BCUT2D eigenvalue weighted by Gasteiger charge is -2.43. The van der Waals surface area contributed by atoms with Crippen molar-refractivity contribution in [2.75, 3.05) is 10.6 Å². The zero-order chi connectivity index (χ0) is 18.0. The van der Waals surface area contributed by atoms with Gasteiger partial charge in [-0.1, -0.05) is 12.8 Å². The van der Waals surface area contributed by atoms with E-state index in [1.54, 1.807) is 12.1 Å². The van der Waals surface area contributed by atoms with E-state index in [4.69, 9.17) is 4.74 Å². The number of amides is 1. The summed E-state index contributed by atoms with van der Waals surface area (Å²) in [4.78, 5) is 11.9. The average molecular weight is 348 g/mol. The van der Waals surface area contributed by atoms with Crippen LogP contribution in [0.1, 0.15) is 59.3 Å². The minimum Gasteiger partial charge on any atom is -0.444 e.